The van der Waals surface area contributed by atoms with Crippen LogP contribution in [0.3, 0.4) is 0 Å². The van der Waals surface area contributed by atoms with Crippen LogP contribution >= 0.6 is 0 Å². The molecule has 0 saturated carbocycles. The molecular weight excluding hydrogens is 262 g/mol. The third-order valence-electron chi connectivity index (χ3n) is 2.82. The van der Waals surface area contributed by atoms with Gasteiger partial charge in [0.2, 0.25) is 10.0 Å². The molecule has 19 heavy (non-hydrogen) atoms. The van der Waals surface area contributed by atoms with Crippen molar-refractivity contribution in [3.63, 3.8) is 0 Å². The third kappa shape index (κ3) is 4.89. The predicted molar refractivity (Wildman–Crippen MR) is 74.3 cm³/mol. The van der Waals surface area contributed by atoms with Crippen molar-refractivity contribution in [2.75, 3.05) is 12.3 Å². The SMILES string of the molecule is O=S(=O)(CCc1ccccc1)NCCc1ccoc1. The molecule has 0 bridgehead atoms. The van der Waals surface area contributed by atoms with Gasteiger partial charge in [0.15, 0.2) is 0 Å². The average molecular weight is 279 g/mol. The molecule has 0 amide bonds. The number of sulfonamides is 1. The van der Waals surface area contributed by atoms with Crippen LogP contribution in [0.5, 0.6) is 0 Å². The van der Waals surface area contributed by atoms with E-state index in [1.807, 2.05) is 36.4 Å². The van der Waals surface area contributed by atoms with Crippen LogP contribution in [0.2, 0.25) is 0 Å². The van der Waals surface area contributed by atoms with E-state index in [0.717, 1.165) is 11.1 Å². The first kappa shape index (κ1) is 13.8. The maximum absolute atomic E-state index is 11.8. The van der Waals surface area contributed by atoms with Gasteiger partial charge in [-0.3, -0.25) is 0 Å². The van der Waals surface area contributed by atoms with Crippen molar-refractivity contribution in [2.24, 2.45) is 0 Å². The molecule has 102 valence electrons. The zero-order valence-electron chi connectivity index (χ0n) is 10.6. The Balaban J connectivity index is 1.76. The zero-order chi connectivity index (χ0) is 13.6. The van der Waals surface area contributed by atoms with Crippen LogP contribution in [-0.4, -0.2) is 20.7 Å². The minimum Gasteiger partial charge on any atom is -0.472 e. The quantitative estimate of drug-likeness (QED) is 0.843. The van der Waals surface area contributed by atoms with Crippen molar-refractivity contribution in [1.82, 2.24) is 4.72 Å². The lowest BCUT2D eigenvalue weighted by molar-refractivity contribution is 0.562. The molecule has 2 aromatic rings. The van der Waals surface area contributed by atoms with E-state index in [1.165, 1.54) is 0 Å². The molecule has 1 heterocycles. The highest BCUT2D eigenvalue weighted by Gasteiger charge is 2.09. The van der Waals surface area contributed by atoms with Crippen LogP contribution in [-0.2, 0) is 22.9 Å². The van der Waals surface area contributed by atoms with Crippen LogP contribution < -0.4 is 4.72 Å². The van der Waals surface area contributed by atoms with Crippen molar-refractivity contribution in [2.45, 2.75) is 12.8 Å². The molecule has 0 atom stereocenters. The fourth-order valence-electron chi connectivity index (χ4n) is 1.75. The highest BCUT2D eigenvalue weighted by atomic mass is 32.2. The molecular formula is C14H17NO3S. The molecule has 1 aromatic heterocycles. The van der Waals surface area contributed by atoms with Crippen LogP contribution in [0, 0.1) is 0 Å². The summed E-state index contributed by atoms with van der Waals surface area (Å²) in [5.41, 5.74) is 2.02. The first-order chi connectivity index (χ1) is 9.16. The van der Waals surface area contributed by atoms with Gasteiger partial charge in [-0.2, -0.15) is 0 Å². The van der Waals surface area contributed by atoms with Crippen molar-refractivity contribution in [3.8, 4) is 0 Å². The van der Waals surface area contributed by atoms with Gasteiger partial charge >= 0.3 is 0 Å². The molecule has 0 aliphatic rings. The molecule has 0 saturated heterocycles. The number of rotatable bonds is 7. The van der Waals surface area contributed by atoms with Gasteiger partial charge in [0.25, 0.3) is 0 Å². The van der Waals surface area contributed by atoms with Crippen molar-refractivity contribution in [1.29, 1.82) is 0 Å². The summed E-state index contributed by atoms with van der Waals surface area (Å²) >= 11 is 0. The number of aryl methyl sites for hydroxylation is 1. The van der Waals surface area contributed by atoms with Crippen molar-refractivity contribution >= 4 is 10.0 Å². The van der Waals surface area contributed by atoms with Crippen molar-refractivity contribution < 1.29 is 12.8 Å². The number of furan rings is 1. The molecule has 5 heteroatoms. The summed E-state index contributed by atoms with van der Waals surface area (Å²) < 4.78 is 31.1. The smallest absolute Gasteiger partial charge is 0.211 e. The van der Waals surface area contributed by atoms with Gasteiger partial charge in [-0.05, 0) is 30.0 Å². The summed E-state index contributed by atoms with van der Waals surface area (Å²) in [6, 6.07) is 11.4. The number of hydrogen-bond acceptors (Lipinski definition) is 3. The summed E-state index contributed by atoms with van der Waals surface area (Å²) in [6.07, 6.45) is 4.38. The molecule has 0 spiro atoms. The van der Waals surface area contributed by atoms with E-state index < -0.39 is 10.0 Å². The molecule has 1 N–H and O–H groups in total. The lowest BCUT2D eigenvalue weighted by atomic mass is 10.2. The molecule has 1 aromatic carbocycles. The normalized spacial score (nSPS) is 11.6. The van der Waals surface area contributed by atoms with Gasteiger partial charge in [-0.25, -0.2) is 13.1 Å². The summed E-state index contributed by atoms with van der Waals surface area (Å²) in [6.45, 7) is 0.399. The number of hydrogen-bond donors (Lipinski definition) is 1. The third-order valence-corrected chi connectivity index (χ3v) is 4.20. The molecule has 0 aliphatic heterocycles. The minimum absolute atomic E-state index is 0.113. The Hall–Kier alpha value is -1.59. The predicted octanol–water partition coefficient (Wildman–Crippen LogP) is 1.98. The second kappa shape index (κ2) is 6.54. The topological polar surface area (TPSA) is 59.3 Å². The van der Waals surface area contributed by atoms with Gasteiger partial charge in [0, 0.05) is 6.54 Å². The molecule has 2 rings (SSSR count). The van der Waals surface area contributed by atoms with E-state index in [1.54, 1.807) is 12.5 Å². The van der Waals surface area contributed by atoms with E-state index >= 15 is 0 Å². The van der Waals surface area contributed by atoms with Gasteiger partial charge in [0.1, 0.15) is 0 Å². The monoisotopic (exact) mass is 279 g/mol. The molecule has 0 unspecified atom stereocenters. The van der Waals surface area contributed by atoms with E-state index in [0.29, 0.717) is 19.4 Å². The van der Waals surface area contributed by atoms with E-state index in [2.05, 4.69) is 4.72 Å². The Labute approximate surface area is 113 Å². The fraction of sp³-hybridized carbons (Fsp3) is 0.286. The van der Waals surface area contributed by atoms with Gasteiger partial charge < -0.3 is 4.42 Å². The van der Waals surface area contributed by atoms with Crippen LogP contribution in [0.15, 0.2) is 53.3 Å². The average Bonchev–Trinajstić information content (AvgIpc) is 2.91. The minimum atomic E-state index is -3.21. The molecule has 0 aliphatic carbocycles. The summed E-state index contributed by atoms with van der Waals surface area (Å²) in [7, 11) is -3.21. The van der Waals surface area contributed by atoms with Crippen LogP contribution in [0.4, 0.5) is 0 Å². The maximum Gasteiger partial charge on any atom is 0.211 e. The molecule has 0 fully saturated rings. The molecule has 4 nitrogen and oxygen atoms in total. The van der Waals surface area contributed by atoms with Gasteiger partial charge in [-0.1, -0.05) is 30.3 Å². The fourth-order valence-corrected chi connectivity index (χ4v) is 2.82. The highest BCUT2D eigenvalue weighted by Crippen LogP contribution is 2.02. The first-order valence-electron chi connectivity index (χ1n) is 6.18. The number of benzene rings is 1. The summed E-state index contributed by atoms with van der Waals surface area (Å²) in [5, 5.41) is 0. The molecule has 0 radical (unpaired) electrons. The van der Waals surface area contributed by atoms with E-state index in [4.69, 9.17) is 4.42 Å². The van der Waals surface area contributed by atoms with Gasteiger partial charge in [0.05, 0.1) is 18.3 Å². The number of nitrogens with one attached hydrogen (secondary N) is 1. The Morgan fingerprint density at radius 2 is 1.79 bits per heavy atom. The van der Waals surface area contributed by atoms with Crippen molar-refractivity contribution in [3.05, 3.63) is 60.1 Å². The standard InChI is InChI=1S/C14H17NO3S/c16-19(17,11-8-13-4-2-1-3-5-13)15-9-6-14-7-10-18-12-14/h1-5,7,10,12,15H,6,8-9,11H2. The largest absolute Gasteiger partial charge is 0.472 e. The Kier molecular flexibility index (Phi) is 4.76. The lowest BCUT2D eigenvalue weighted by Crippen LogP contribution is -2.29. The summed E-state index contributed by atoms with van der Waals surface area (Å²) in [5.74, 6) is 0.113. The Morgan fingerprint density at radius 1 is 1.00 bits per heavy atom. The zero-order valence-corrected chi connectivity index (χ0v) is 11.4. The Bertz CT molecular complexity index is 576. The second-order valence-electron chi connectivity index (χ2n) is 4.33. The van der Waals surface area contributed by atoms with E-state index in [9.17, 15) is 8.42 Å². The highest BCUT2D eigenvalue weighted by molar-refractivity contribution is 7.89. The lowest BCUT2D eigenvalue weighted by Gasteiger charge is -2.06. The van der Waals surface area contributed by atoms with Crippen LogP contribution in [0.1, 0.15) is 11.1 Å². The van der Waals surface area contributed by atoms with E-state index in [-0.39, 0.29) is 5.75 Å². The second-order valence-corrected chi connectivity index (χ2v) is 6.26. The first-order valence-corrected chi connectivity index (χ1v) is 7.83. The van der Waals surface area contributed by atoms with Crippen LogP contribution in [0.25, 0.3) is 0 Å². The summed E-state index contributed by atoms with van der Waals surface area (Å²) in [4.78, 5) is 0. The maximum atomic E-state index is 11.8. The van der Waals surface area contributed by atoms with Gasteiger partial charge in [-0.15, -0.1) is 0 Å². The Morgan fingerprint density at radius 3 is 2.47 bits per heavy atom.